The number of amides is 1. The third-order valence-corrected chi connectivity index (χ3v) is 6.19. The molecule has 1 aromatic heterocycles. The molecule has 3 aromatic rings. The van der Waals surface area contributed by atoms with Crippen LogP contribution in [0.3, 0.4) is 0 Å². The van der Waals surface area contributed by atoms with E-state index < -0.39 is 0 Å². The van der Waals surface area contributed by atoms with Crippen molar-refractivity contribution in [2.75, 3.05) is 5.32 Å². The SMILES string of the molecule is O=C(Nc1nc(-c2ccc3c(c2)CCCC3)cs1)c1ccccc1I. The third kappa shape index (κ3) is 3.62. The van der Waals surface area contributed by atoms with E-state index in [4.69, 9.17) is 0 Å². The minimum Gasteiger partial charge on any atom is -0.298 e. The van der Waals surface area contributed by atoms with Crippen LogP contribution in [0.15, 0.2) is 47.8 Å². The van der Waals surface area contributed by atoms with Crippen LogP contribution in [0.25, 0.3) is 11.3 Å². The van der Waals surface area contributed by atoms with Gasteiger partial charge in [-0.05, 0) is 77.6 Å². The van der Waals surface area contributed by atoms with Gasteiger partial charge in [-0.1, -0.05) is 24.3 Å². The molecule has 5 heteroatoms. The van der Waals surface area contributed by atoms with Gasteiger partial charge in [0, 0.05) is 14.5 Å². The highest BCUT2D eigenvalue weighted by Crippen LogP contribution is 2.30. The molecule has 1 aliphatic rings. The van der Waals surface area contributed by atoms with Crippen molar-refractivity contribution in [3.63, 3.8) is 0 Å². The summed E-state index contributed by atoms with van der Waals surface area (Å²) >= 11 is 3.64. The maximum Gasteiger partial charge on any atom is 0.258 e. The number of carbonyl (C=O) groups excluding carboxylic acids is 1. The van der Waals surface area contributed by atoms with Gasteiger partial charge in [0.1, 0.15) is 0 Å². The summed E-state index contributed by atoms with van der Waals surface area (Å²) in [5, 5.41) is 5.56. The van der Waals surface area contributed by atoms with Crippen LogP contribution >= 0.6 is 33.9 Å². The molecule has 1 heterocycles. The molecule has 0 aliphatic heterocycles. The standard InChI is InChI=1S/C20H17IN2OS/c21-17-8-4-3-7-16(17)19(24)23-20-22-18(12-25-20)15-10-9-13-5-1-2-6-14(13)11-15/h3-4,7-12H,1-2,5-6H2,(H,22,23,24). The molecule has 2 aromatic carbocycles. The molecule has 0 unspecified atom stereocenters. The third-order valence-electron chi connectivity index (χ3n) is 4.49. The van der Waals surface area contributed by atoms with E-state index in [2.05, 4.69) is 51.1 Å². The molecule has 25 heavy (non-hydrogen) atoms. The number of rotatable bonds is 3. The minimum atomic E-state index is -0.114. The lowest BCUT2D eigenvalue weighted by Crippen LogP contribution is -2.13. The van der Waals surface area contributed by atoms with E-state index in [0.717, 1.165) is 21.2 Å². The first-order valence-corrected chi connectivity index (χ1v) is 10.3. The molecular weight excluding hydrogens is 443 g/mol. The first-order valence-electron chi connectivity index (χ1n) is 8.34. The quantitative estimate of drug-likeness (QED) is 0.521. The maximum absolute atomic E-state index is 12.4. The van der Waals surface area contributed by atoms with Crippen molar-refractivity contribution in [2.45, 2.75) is 25.7 Å². The smallest absolute Gasteiger partial charge is 0.258 e. The summed E-state index contributed by atoms with van der Waals surface area (Å²) in [6, 6.07) is 14.2. The Kier molecular flexibility index (Phi) is 4.85. The number of fused-ring (bicyclic) bond motifs is 1. The summed E-state index contributed by atoms with van der Waals surface area (Å²) in [6.07, 6.45) is 4.90. The number of halogens is 1. The zero-order valence-electron chi connectivity index (χ0n) is 13.6. The number of hydrogen-bond donors (Lipinski definition) is 1. The lowest BCUT2D eigenvalue weighted by molar-refractivity contribution is 0.102. The van der Waals surface area contributed by atoms with Gasteiger partial charge in [-0.15, -0.1) is 11.3 Å². The van der Waals surface area contributed by atoms with E-state index in [1.807, 2.05) is 29.6 Å². The van der Waals surface area contributed by atoms with Crippen LogP contribution in [0.2, 0.25) is 0 Å². The van der Waals surface area contributed by atoms with Gasteiger partial charge >= 0.3 is 0 Å². The molecule has 1 N–H and O–H groups in total. The Morgan fingerprint density at radius 1 is 1.08 bits per heavy atom. The predicted octanol–water partition coefficient (Wildman–Crippen LogP) is 5.55. The van der Waals surface area contributed by atoms with Crippen LogP contribution in [-0.4, -0.2) is 10.9 Å². The summed E-state index contributed by atoms with van der Waals surface area (Å²) in [4.78, 5) is 17.0. The molecule has 0 fully saturated rings. The van der Waals surface area contributed by atoms with Crippen LogP contribution < -0.4 is 5.32 Å². The van der Waals surface area contributed by atoms with Crippen molar-refractivity contribution in [2.24, 2.45) is 0 Å². The van der Waals surface area contributed by atoms with Crippen LogP contribution in [0.4, 0.5) is 5.13 Å². The van der Waals surface area contributed by atoms with Crippen LogP contribution in [0.5, 0.6) is 0 Å². The number of aryl methyl sites for hydroxylation is 2. The Labute approximate surface area is 164 Å². The largest absolute Gasteiger partial charge is 0.298 e. The lowest BCUT2D eigenvalue weighted by Gasteiger charge is -2.16. The monoisotopic (exact) mass is 460 g/mol. The highest BCUT2D eigenvalue weighted by molar-refractivity contribution is 14.1. The summed E-state index contributed by atoms with van der Waals surface area (Å²) < 4.78 is 0.934. The van der Waals surface area contributed by atoms with Gasteiger partial charge in [-0.25, -0.2) is 4.98 Å². The number of anilines is 1. The Morgan fingerprint density at radius 2 is 1.88 bits per heavy atom. The first-order chi connectivity index (χ1) is 12.2. The van der Waals surface area contributed by atoms with E-state index in [1.54, 1.807) is 0 Å². The molecule has 0 atom stereocenters. The van der Waals surface area contributed by atoms with Gasteiger partial charge in [0.05, 0.1) is 11.3 Å². The zero-order valence-corrected chi connectivity index (χ0v) is 16.6. The molecule has 1 aliphatic carbocycles. The van der Waals surface area contributed by atoms with Crippen molar-refractivity contribution in [3.8, 4) is 11.3 Å². The van der Waals surface area contributed by atoms with Crippen LogP contribution in [0.1, 0.15) is 34.3 Å². The molecular formula is C20H17IN2OS. The van der Waals surface area contributed by atoms with E-state index in [1.165, 1.54) is 41.7 Å². The Bertz CT molecular complexity index is 935. The van der Waals surface area contributed by atoms with Crippen molar-refractivity contribution < 1.29 is 4.79 Å². The van der Waals surface area contributed by atoms with Gasteiger partial charge < -0.3 is 0 Å². The topological polar surface area (TPSA) is 42.0 Å². The van der Waals surface area contributed by atoms with E-state index >= 15 is 0 Å². The molecule has 0 bridgehead atoms. The molecule has 3 nitrogen and oxygen atoms in total. The molecule has 126 valence electrons. The van der Waals surface area contributed by atoms with Crippen molar-refractivity contribution >= 4 is 45.0 Å². The number of aromatic nitrogens is 1. The fraction of sp³-hybridized carbons (Fsp3) is 0.200. The maximum atomic E-state index is 12.4. The number of thiazole rings is 1. The van der Waals surface area contributed by atoms with E-state index in [9.17, 15) is 4.79 Å². The Morgan fingerprint density at radius 3 is 2.72 bits per heavy atom. The minimum absolute atomic E-state index is 0.114. The number of nitrogens with zero attached hydrogens (tertiary/aromatic N) is 1. The average molecular weight is 460 g/mol. The molecule has 0 saturated heterocycles. The summed E-state index contributed by atoms with van der Waals surface area (Å²) in [7, 11) is 0. The highest BCUT2D eigenvalue weighted by atomic mass is 127. The number of carbonyl (C=O) groups is 1. The number of nitrogens with one attached hydrogen (secondary N) is 1. The van der Waals surface area contributed by atoms with Crippen LogP contribution in [0, 0.1) is 3.57 Å². The van der Waals surface area contributed by atoms with Gasteiger partial charge in [0.15, 0.2) is 5.13 Å². The first kappa shape index (κ1) is 16.7. The lowest BCUT2D eigenvalue weighted by atomic mass is 9.90. The van der Waals surface area contributed by atoms with E-state index in [-0.39, 0.29) is 5.91 Å². The molecule has 4 rings (SSSR count). The molecule has 1 amide bonds. The van der Waals surface area contributed by atoms with Crippen molar-refractivity contribution in [1.29, 1.82) is 0 Å². The Hall–Kier alpha value is -1.73. The molecule has 0 saturated carbocycles. The second kappa shape index (κ2) is 7.25. The molecule has 0 radical (unpaired) electrons. The van der Waals surface area contributed by atoms with Gasteiger partial charge in [-0.2, -0.15) is 0 Å². The fourth-order valence-corrected chi connectivity index (χ4v) is 4.51. The normalized spacial score (nSPS) is 13.3. The highest BCUT2D eigenvalue weighted by Gasteiger charge is 2.14. The summed E-state index contributed by atoms with van der Waals surface area (Å²) in [5.41, 5.74) is 5.65. The second-order valence-electron chi connectivity index (χ2n) is 6.16. The summed E-state index contributed by atoms with van der Waals surface area (Å²) in [5.74, 6) is -0.114. The Balaban J connectivity index is 1.54. The number of hydrogen-bond acceptors (Lipinski definition) is 3. The predicted molar refractivity (Wildman–Crippen MR) is 111 cm³/mol. The van der Waals surface area contributed by atoms with Gasteiger partial charge in [-0.3, -0.25) is 10.1 Å². The number of benzene rings is 2. The fourth-order valence-electron chi connectivity index (χ4n) is 3.17. The average Bonchev–Trinajstić information content (AvgIpc) is 3.10. The zero-order chi connectivity index (χ0) is 17.2. The van der Waals surface area contributed by atoms with Crippen molar-refractivity contribution in [1.82, 2.24) is 4.98 Å². The van der Waals surface area contributed by atoms with Gasteiger partial charge in [0.25, 0.3) is 5.91 Å². The van der Waals surface area contributed by atoms with Gasteiger partial charge in [0.2, 0.25) is 0 Å². The second-order valence-corrected chi connectivity index (χ2v) is 8.18. The summed E-state index contributed by atoms with van der Waals surface area (Å²) in [6.45, 7) is 0. The van der Waals surface area contributed by atoms with E-state index in [0.29, 0.717) is 10.7 Å². The molecule has 0 spiro atoms. The van der Waals surface area contributed by atoms with Crippen molar-refractivity contribution in [3.05, 3.63) is 68.1 Å². The van der Waals surface area contributed by atoms with Crippen LogP contribution in [-0.2, 0) is 12.8 Å².